The van der Waals surface area contributed by atoms with Crippen LogP contribution in [0.1, 0.15) is 26.2 Å². The molecule has 0 amide bonds. The van der Waals surface area contributed by atoms with Crippen molar-refractivity contribution >= 4 is 35.9 Å². The molecule has 0 spiro atoms. The summed E-state index contributed by atoms with van der Waals surface area (Å²) in [5, 5.41) is 3.36. The van der Waals surface area contributed by atoms with Gasteiger partial charge >= 0.3 is 5.97 Å². The molecule has 1 heterocycles. The lowest BCUT2D eigenvalue weighted by Gasteiger charge is -2.33. The monoisotopic (exact) mass is 505 g/mol. The highest BCUT2D eigenvalue weighted by Gasteiger charge is 2.28. The fraction of sp³-hybridized carbons (Fsp3) is 0.600. The van der Waals surface area contributed by atoms with Gasteiger partial charge in [0.1, 0.15) is 11.5 Å². The molecular formula is C20H32IN3O4. The van der Waals surface area contributed by atoms with E-state index in [0.717, 1.165) is 49.8 Å². The first-order valence-corrected chi connectivity index (χ1v) is 9.57. The molecule has 1 saturated heterocycles. The maximum absolute atomic E-state index is 12.0. The van der Waals surface area contributed by atoms with Crippen LogP contribution in [0.5, 0.6) is 11.5 Å². The summed E-state index contributed by atoms with van der Waals surface area (Å²) in [4.78, 5) is 18.5. The minimum absolute atomic E-state index is 0. The number of methoxy groups -OCH3 is 1. The van der Waals surface area contributed by atoms with E-state index in [-0.39, 0.29) is 35.9 Å². The molecule has 1 atom stereocenters. The van der Waals surface area contributed by atoms with Gasteiger partial charge in [0.05, 0.1) is 26.2 Å². The largest absolute Gasteiger partial charge is 0.497 e. The normalized spacial score (nSPS) is 16.8. The van der Waals surface area contributed by atoms with Gasteiger partial charge in [-0.2, -0.15) is 0 Å². The first-order chi connectivity index (χ1) is 13.2. The molecule has 1 fully saturated rings. The first kappa shape index (κ1) is 24.3. The molecular weight excluding hydrogens is 473 g/mol. The van der Waals surface area contributed by atoms with Crippen LogP contribution < -0.4 is 14.8 Å². The number of benzene rings is 1. The van der Waals surface area contributed by atoms with Gasteiger partial charge < -0.3 is 24.4 Å². The van der Waals surface area contributed by atoms with Crippen LogP contribution in [0.3, 0.4) is 0 Å². The summed E-state index contributed by atoms with van der Waals surface area (Å²) >= 11 is 0. The lowest BCUT2D eigenvalue weighted by atomic mass is 9.98. The highest BCUT2D eigenvalue weighted by molar-refractivity contribution is 14.0. The van der Waals surface area contributed by atoms with Gasteiger partial charge in [0, 0.05) is 26.7 Å². The molecule has 0 saturated carbocycles. The van der Waals surface area contributed by atoms with Gasteiger partial charge in [-0.25, -0.2) is 0 Å². The van der Waals surface area contributed by atoms with Crippen molar-refractivity contribution in [2.75, 3.05) is 47.0 Å². The molecule has 0 aliphatic carbocycles. The Balaban J connectivity index is 0.00000392. The third-order valence-electron chi connectivity index (χ3n) is 4.49. The Kier molecular flexibility index (Phi) is 11.7. The third-order valence-corrected chi connectivity index (χ3v) is 4.49. The molecule has 1 N–H and O–H groups in total. The molecule has 1 aliphatic heterocycles. The summed E-state index contributed by atoms with van der Waals surface area (Å²) < 4.78 is 16.0. The number of guanidine groups is 1. The number of carbonyl (C=O) groups is 1. The smallest absolute Gasteiger partial charge is 0.310 e. The molecule has 0 radical (unpaired) electrons. The molecule has 1 aliphatic rings. The van der Waals surface area contributed by atoms with Crippen LogP contribution >= 0.6 is 24.0 Å². The van der Waals surface area contributed by atoms with E-state index in [2.05, 4.69) is 15.2 Å². The second kappa shape index (κ2) is 13.5. The fourth-order valence-electron chi connectivity index (χ4n) is 3.09. The molecule has 8 heteroatoms. The Morgan fingerprint density at radius 2 is 2.00 bits per heavy atom. The Hall–Kier alpha value is -1.71. The molecule has 0 bridgehead atoms. The van der Waals surface area contributed by atoms with E-state index in [9.17, 15) is 4.79 Å². The Labute approximate surface area is 184 Å². The van der Waals surface area contributed by atoms with E-state index >= 15 is 0 Å². The summed E-state index contributed by atoms with van der Waals surface area (Å²) in [6.07, 6.45) is 2.69. The van der Waals surface area contributed by atoms with Gasteiger partial charge in [0.2, 0.25) is 0 Å². The van der Waals surface area contributed by atoms with Gasteiger partial charge in [-0.15, -0.1) is 24.0 Å². The van der Waals surface area contributed by atoms with Crippen LogP contribution in [0.2, 0.25) is 0 Å². The lowest BCUT2D eigenvalue weighted by Crippen LogP contribution is -2.48. The van der Waals surface area contributed by atoms with Crippen LogP contribution in [0.25, 0.3) is 0 Å². The molecule has 2 rings (SSSR count). The number of aliphatic imine (C=N–C) groups is 1. The van der Waals surface area contributed by atoms with Crippen molar-refractivity contribution in [3.8, 4) is 11.5 Å². The zero-order valence-corrected chi connectivity index (χ0v) is 19.3. The topological polar surface area (TPSA) is 72.4 Å². The Bertz CT molecular complexity index is 610. The molecule has 7 nitrogen and oxygen atoms in total. The maximum atomic E-state index is 12.0. The van der Waals surface area contributed by atoms with Crippen LogP contribution in [-0.2, 0) is 9.53 Å². The quantitative estimate of drug-likeness (QED) is 0.193. The summed E-state index contributed by atoms with van der Waals surface area (Å²) in [5.74, 6) is 2.29. The average Bonchev–Trinajstić information content (AvgIpc) is 2.71. The molecule has 28 heavy (non-hydrogen) atoms. The third kappa shape index (κ3) is 7.73. The van der Waals surface area contributed by atoms with E-state index < -0.39 is 0 Å². The van der Waals surface area contributed by atoms with Crippen LogP contribution in [0.4, 0.5) is 0 Å². The number of likely N-dealkylation sites (tertiary alicyclic amines) is 1. The van der Waals surface area contributed by atoms with Gasteiger partial charge in [-0.3, -0.25) is 9.79 Å². The van der Waals surface area contributed by atoms with E-state index in [1.807, 2.05) is 31.2 Å². The zero-order chi connectivity index (χ0) is 19.5. The van der Waals surface area contributed by atoms with Gasteiger partial charge in [-0.05, 0) is 50.5 Å². The van der Waals surface area contributed by atoms with Gasteiger partial charge in [0.25, 0.3) is 0 Å². The Morgan fingerprint density at radius 3 is 2.64 bits per heavy atom. The molecule has 1 aromatic rings. The van der Waals surface area contributed by atoms with E-state index in [1.165, 1.54) is 0 Å². The SMILES string of the molecule is CCOC(=O)C1CCCN(C(=NC)NCCCOc2ccc(OC)cc2)C1.I. The summed E-state index contributed by atoms with van der Waals surface area (Å²) in [6.45, 7) is 5.19. The van der Waals surface area contributed by atoms with Crippen molar-refractivity contribution in [1.29, 1.82) is 0 Å². The number of ether oxygens (including phenoxy) is 3. The van der Waals surface area contributed by atoms with Crippen molar-refractivity contribution in [1.82, 2.24) is 10.2 Å². The predicted octanol–water partition coefficient (Wildman–Crippen LogP) is 2.93. The zero-order valence-electron chi connectivity index (χ0n) is 17.0. The highest BCUT2D eigenvalue weighted by Crippen LogP contribution is 2.18. The molecule has 158 valence electrons. The number of halogens is 1. The minimum Gasteiger partial charge on any atom is -0.497 e. The van der Waals surface area contributed by atoms with Crippen molar-refractivity contribution in [3.63, 3.8) is 0 Å². The van der Waals surface area contributed by atoms with Crippen molar-refractivity contribution in [2.24, 2.45) is 10.9 Å². The number of esters is 1. The molecule has 1 aromatic carbocycles. The van der Waals surface area contributed by atoms with E-state index in [0.29, 0.717) is 19.8 Å². The predicted molar refractivity (Wildman–Crippen MR) is 121 cm³/mol. The van der Waals surface area contributed by atoms with Crippen molar-refractivity contribution in [2.45, 2.75) is 26.2 Å². The first-order valence-electron chi connectivity index (χ1n) is 9.57. The minimum atomic E-state index is -0.106. The standard InChI is InChI=1S/C20H31N3O4.HI/c1-4-26-19(24)16-7-5-13-23(15-16)20(21-2)22-12-6-14-27-18-10-8-17(25-3)9-11-18;/h8-11,16H,4-7,12-15H2,1-3H3,(H,21,22);1H. The van der Waals surface area contributed by atoms with Gasteiger partial charge in [0.15, 0.2) is 5.96 Å². The number of nitrogens with one attached hydrogen (secondary N) is 1. The highest BCUT2D eigenvalue weighted by atomic mass is 127. The van der Waals surface area contributed by atoms with Crippen LogP contribution in [-0.4, -0.2) is 63.8 Å². The van der Waals surface area contributed by atoms with Crippen molar-refractivity contribution < 1.29 is 19.0 Å². The van der Waals surface area contributed by atoms with E-state index in [4.69, 9.17) is 14.2 Å². The maximum Gasteiger partial charge on any atom is 0.310 e. The fourth-order valence-corrected chi connectivity index (χ4v) is 3.09. The summed E-state index contributed by atoms with van der Waals surface area (Å²) in [7, 11) is 3.41. The number of nitrogens with zero attached hydrogens (tertiary/aromatic N) is 2. The second-order valence-electron chi connectivity index (χ2n) is 6.39. The number of carbonyl (C=O) groups excluding carboxylic acids is 1. The number of hydrogen-bond donors (Lipinski definition) is 1. The molecule has 1 unspecified atom stereocenters. The number of hydrogen-bond acceptors (Lipinski definition) is 5. The van der Waals surface area contributed by atoms with Crippen LogP contribution in [0, 0.1) is 5.92 Å². The van der Waals surface area contributed by atoms with E-state index in [1.54, 1.807) is 14.2 Å². The van der Waals surface area contributed by atoms with Crippen LogP contribution in [0.15, 0.2) is 29.3 Å². The second-order valence-corrected chi connectivity index (χ2v) is 6.39. The summed E-state index contributed by atoms with van der Waals surface area (Å²) in [5.41, 5.74) is 0. The van der Waals surface area contributed by atoms with Crippen molar-refractivity contribution in [3.05, 3.63) is 24.3 Å². The lowest BCUT2D eigenvalue weighted by molar-refractivity contribution is -0.149. The average molecular weight is 505 g/mol. The Morgan fingerprint density at radius 1 is 1.29 bits per heavy atom. The summed E-state index contributed by atoms with van der Waals surface area (Å²) in [6, 6.07) is 7.56. The van der Waals surface area contributed by atoms with Gasteiger partial charge in [-0.1, -0.05) is 0 Å². The molecule has 0 aromatic heterocycles. The number of rotatable bonds is 8. The number of piperidine rings is 1.